The molecule has 3 heteroatoms. The number of ether oxygens (including phenoxy) is 1. The van der Waals surface area contributed by atoms with Crippen molar-refractivity contribution in [2.45, 2.75) is 46.1 Å². The summed E-state index contributed by atoms with van der Waals surface area (Å²) in [5.41, 5.74) is 1.52. The highest BCUT2D eigenvalue weighted by molar-refractivity contribution is 5.66. The molecule has 0 saturated heterocycles. The van der Waals surface area contributed by atoms with E-state index in [4.69, 9.17) is 4.74 Å². The highest BCUT2D eigenvalue weighted by atomic mass is 16.5. The fraction of sp³-hybridized carbons (Fsp3) is 0.611. The molecular formula is C18H26N2O. The van der Waals surface area contributed by atoms with Crippen LogP contribution in [0, 0.1) is 29.1 Å². The van der Waals surface area contributed by atoms with Gasteiger partial charge in [0.25, 0.3) is 0 Å². The van der Waals surface area contributed by atoms with Gasteiger partial charge in [0.15, 0.2) is 0 Å². The quantitative estimate of drug-likeness (QED) is 0.890. The summed E-state index contributed by atoms with van der Waals surface area (Å²) in [7, 11) is 1.66. The molecule has 0 bridgehead atoms. The standard InChI is InChI=1S/C18H26N2O/c1-12(2)15-9-8-13(3)10-16(15)20-18-14(11-19)6-5-7-17(18)21-4/h5-7,12-13,15-16,20H,8-10H2,1-4H3. The Morgan fingerprint density at radius 3 is 2.71 bits per heavy atom. The molecule has 0 aromatic heterocycles. The minimum Gasteiger partial charge on any atom is -0.495 e. The smallest absolute Gasteiger partial charge is 0.143 e. The summed E-state index contributed by atoms with van der Waals surface area (Å²) in [6.45, 7) is 6.91. The van der Waals surface area contributed by atoms with E-state index in [1.165, 1.54) is 12.8 Å². The van der Waals surface area contributed by atoms with Gasteiger partial charge >= 0.3 is 0 Å². The van der Waals surface area contributed by atoms with Crippen molar-refractivity contribution in [2.24, 2.45) is 17.8 Å². The van der Waals surface area contributed by atoms with E-state index in [1.54, 1.807) is 7.11 Å². The number of hydrogen-bond donors (Lipinski definition) is 1. The Bertz CT molecular complexity index is 518. The average Bonchev–Trinajstić information content (AvgIpc) is 2.47. The van der Waals surface area contributed by atoms with Crippen molar-refractivity contribution in [3.8, 4) is 11.8 Å². The van der Waals surface area contributed by atoms with E-state index in [-0.39, 0.29) is 0 Å². The SMILES string of the molecule is COc1cccc(C#N)c1NC1CC(C)CCC1C(C)C. The first-order chi connectivity index (χ1) is 10.1. The summed E-state index contributed by atoms with van der Waals surface area (Å²) in [4.78, 5) is 0. The second kappa shape index (κ2) is 6.85. The van der Waals surface area contributed by atoms with Crippen LogP contribution in [-0.4, -0.2) is 13.2 Å². The number of benzene rings is 1. The Morgan fingerprint density at radius 1 is 1.33 bits per heavy atom. The van der Waals surface area contributed by atoms with Gasteiger partial charge in [0.05, 0.1) is 18.4 Å². The molecule has 114 valence electrons. The number of nitrogens with zero attached hydrogens (tertiary/aromatic N) is 1. The van der Waals surface area contributed by atoms with Crippen molar-refractivity contribution >= 4 is 5.69 Å². The largest absolute Gasteiger partial charge is 0.495 e. The summed E-state index contributed by atoms with van der Waals surface area (Å²) in [5.74, 6) is 2.79. The van der Waals surface area contributed by atoms with Crippen LogP contribution in [0.5, 0.6) is 5.75 Å². The lowest BCUT2D eigenvalue weighted by Crippen LogP contribution is -2.38. The third-order valence-corrected chi connectivity index (χ3v) is 4.72. The molecule has 1 N–H and O–H groups in total. The van der Waals surface area contributed by atoms with E-state index in [1.807, 2.05) is 18.2 Å². The summed E-state index contributed by atoms with van der Waals surface area (Å²) >= 11 is 0. The van der Waals surface area contributed by atoms with Crippen LogP contribution in [0.2, 0.25) is 0 Å². The van der Waals surface area contributed by atoms with E-state index in [0.717, 1.165) is 23.8 Å². The first-order valence-electron chi connectivity index (χ1n) is 7.90. The fourth-order valence-electron chi connectivity index (χ4n) is 3.50. The van der Waals surface area contributed by atoms with E-state index in [0.29, 0.717) is 23.4 Å². The van der Waals surface area contributed by atoms with Gasteiger partial charge in [0.2, 0.25) is 0 Å². The lowest BCUT2D eigenvalue weighted by atomic mass is 9.74. The number of methoxy groups -OCH3 is 1. The molecule has 1 aromatic rings. The Balaban J connectivity index is 2.28. The van der Waals surface area contributed by atoms with Gasteiger partial charge in [-0.2, -0.15) is 5.26 Å². The molecule has 3 nitrogen and oxygen atoms in total. The van der Waals surface area contributed by atoms with Crippen LogP contribution in [0.1, 0.15) is 45.6 Å². The van der Waals surface area contributed by atoms with Crippen LogP contribution in [0.3, 0.4) is 0 Å². The predicted molar refractivity (Wildman–Crippen MR) is 86.5 cm³/mol. The molecular weight excluding hydrogens is 260 g/mol. The van der Waals surface area contributed by atoms with Crippen LogP contribution in [0.4, 0.5) is 5.69 Å². The summed E-state index contributed by atoms with van der Waals surface area (Å²) in [5, 5.41) is 13.0. The molecule has 21 heavy (non-hydrogen) atoms. The molecule has 3 atom stereocenters. The molecule has 1 aliphatic rings. The first kappa shape index (κ1) is 15.7. The highest BCUT2D eigenvalue weighted by Gasteiger charge is 2.31. The maximum absolute atomic E-state index is 9.35. The molecule has 0 radical (unpaired) electrons. The van der Waals surface area contributed by atoms with Crippen molar-refractivity contribution in [1.82, 2.24) is 0 Å². The maximum Gasteiger partial charge on any atom is 0.143 e. The minimum atomic E-state index is 0.414. The van der Waals surface area contributed by atoms with Gasteiger partial charge in [0.1, 0.15) is 11.8 Å². The zero-order valence-corrected chi connectivity index (χ0v) is 13.5. The van der Waals surface area contributed by atoms with Crippen molar-refractivity contribution in [3.05, 3.63) is 23.8 Å². The zero-order valence-electron chi connectivity index (χ0n) is 13.5. The van der Waals surface area contributed by atoms with Gasteiger partial charge in [-0.3, -0.25) is 0 Å². The second-order valence-corrected chi connectivity index (χ2v) is 6.57. The van der Waals surface area contributed by atoms with Crippen LogP contribution in [0.25, 0.3) is 0 Å². The van der Waals surface area contributed by atoms with Gasteiger partial charge in [-0.05, 0) is 42.7 Å². The number of para-hydroxylation sites is 1. The summed E-state index contributed by atoms with van der Waals surface area (Å²) in [6, 6.07) is 8.32. The normalized spacial score (nSPS) is 25.4. The Hall–Kier alpha value is -1.69. The van der Waals surface area contributed by atoms with Crippen molar-refractivity contribution in [2.75, 3.05) is 12.4 Å². The number of hydrogen-bond acceptors (Lipinski definition) is 3. The maximum atomic E-state index is 9.35. The fourth-order valence-corrected chi connectivity index (χ4v) is 3.50. The van der Waals surface area contributed by atoms with Crippen LogP contribution >= 0.6 is 0 Å². The summed E-state index contributed by atoms with van der Waals surface area (Å²) < 4.78 is 5.44. The lowest BCUT2D eigenvalue weighted by molar-refractivity contribution is 0.211. The van der Waals surface area contributed by atoms with Crippen molar-refractivity contribution in [3.63, 3.8) is 0 Å². The van der Waals surface area contributed by atoms with Crippen molar-refractivity contribution < 1.29 is 4.74 Å². The number of nitriles is 1. The van der Waals surface area contributed by atoms with Gasteiger partial charge in [-0.25, -0.2) is 0 Å². The van der Waals surface area contributed by atoms with Gasteiger partial charge in [-0.15, -0.1) is 0 Å². The number of nitrogens with one attached hydrogen (secondary N) is 1. The third kappa shape index (κ3) is 3.50. The molecule has 2 rings (SSSR count). The van der Waals surface area contributed by atoms with Crippen molar-refractivity contribution in [1.29, 1.82) is 5.26 Å². The molecule has 0 spiro atoms. The molecule has 0 amide bonds. The van der Waals surface area contributed by atoms with Gasteiger partial charge in [-0.1, -0.05) is 33.3 Å². The molecule has 1 saturated carbocycles. The van der Waals surface area contributed by atoms with Crippen LogP contribution in [0.15, 0.2) is 18.2 Å². The molecule has 1 aromatic carbocycles. The molecule has 1 fully saturated rings. The monoisotopic (exact) mass is 286 g/mol. The highest BCUT2D eigenvalue weighted by Crippen LogP contribution is 2.37. The van der Waals surface area contributed by atoms with Crippen LogP contribution < -0.4 is 10.1 Å². The predicted octanol–water partition coefficient (Wildman–Crippen LogP) is 4.44. The topological polar surface area (TPSA) is 45.0 Å². The van der Waals surface area contributed by atoms with Gasteiger partial charge in [0, 0.05) is 6.04 Å². The molecule has 1 aliphatic carbocycles. The number of anilines is 1. The molecule has 0 aliphatic heterocycles. The number of rotatable bonds is 4. The molecule has 0 heterocycles. The third-order valence-electron chi connectivity index (χ3n) is 4.72. The zero-order chi connectivity index (χ0) is 15.4. The Morgan fingerprint density at radius 2 is 2.10 bits per heavy atom. The molecule has 3 unspecified atom stereocenters. The average molecular weight is 286 g/mol. The van der Waals surface area contributed by atoms with E-state index >= 15 is 0 Å². The first-order valence-corrected chi connectivity index (χ1v) is 7.90. The van der Waals surface area contributed by atoms with Gasteiger partial charge < -0.3 is 10.1 Å². The van der Waals surface area contributed by atoms with Crippen LogP contribution in [-0.2, 0) is 0 Å². The lowest BCUT2D eigenvalue weighted by Gasteiger charge is -2.38. The Kier molecular flexibility index (Phi) is 5.12. The summed E-state index contributed by atoms with van der Waals surface area (Å²) in [6.07, 6.45) is 3.72. The van der Waals surface area contributed by atoms with E-state index < -0.39 is 0 Å². The Labute approximate surface area is 128 Å². The van der Waals surface area contributed by atoms with E-state index in [2.05, 4.69) is 32.2 Å². The van der Waals surface area contributed by atoms with E-state index in [9.17, 15) is 5.26 Å². The second-order valence-electron chi connectivity index (χ2n) is 6.57. The minimum absolute atomic E-state index is 0.414.